The molecule has 0 aliphatic carbocycles. The first-order chi connectivity index (χ1) is 12.4. The molecular formula is C19H13ClFN3O2. The third-order valence-corrected chi connectivity index (χ3v) is 4.42. The highest BCUT2D eigenvalue weighted by Gasteiger charge is 2.18. The molecule has 0 unspecified atom stereocenters. The minimum Gasteiger partial charge on any atom is -0.507 e. The van der Waals surface area contributed by atoms with Gasteiger partial charge in [-0.1, -0.05) is 23.7 Å². The zero-order chi connectivity index (χ0) is 18.4. The number of aryl methyl sites for hydroxylation is 1. The third-order valence-electron chi connectivity index (χ3n) is 4.17. The van der Waals surface area contributed by atoms with Crippen molar-refractivity contribution in [3.05, 3.63) is 75.4 Å². The van der Waals surface area contributed by atoms with Crippen LogP contribution in [0.15, 0.2) is 53.3 Å². The van der Waals surface area contributed by atoms with E-state index >= 15 is 0 Å². The van der Waals surface area contributed by atoms with Crippen LogP contribution in [0.3, 0.4) is 0 Å². The van der Waals surface area contributed by atoms with Crippen LogP contribution in [-0.4, -0.2) is 19.7 Å². The molecular weight excluding hydrogens is 357 g/mol. The van der Waals surface area contributed by atoms with Crippen molar-refractivity contribution in [3.63, 3.8) is 0 Å². The van der Waals surface area contributed by atoms with Gasteiger partial charge in [-0.15, -0.1) is 0 Å². The number of nitrogens with one attached hydrogen (secondary N) is 1. The second-order valence-electron chi connectivity index (χ2n) is 5.91. The van der Waals surface area contributed by atoms with Crippen molar-refractivity contribution in [2.45, 2.75) is 6.92 Å². The number of phenolic OH excluding ortho intramolecular Hbond substituents is 1. The van der Waals surface area contributed by atoms with Crippen molar-refractivity contribution >= 4 is 17.2 Å². The predicted octanol–water partition coefficient (Wildman–Crippen LogP) is 4.16. The summed E-state index contributed by atoms with van der Waals surface area (Å²) in [5.41, 5.74) is 3.09. The molecule has 0 spiro atoms. The minimum atomic E-state index is -0.564. The highest BCUT2D eigenvalue weighted by atomic mass is 35.5. The Balaban J connectivity index is 2.04. The summed E-state index contributed by atoms with van der Waals surface area (Å²) in [5, 5.41) is 15.2. The molecule has 7 heteroatoms. The van der Waals surface area contributed by atoms with Gasteiger partial charge in [-0.05, 0) is 36.8 Å². The molecule has 0 aliphatic rings. The summed E-state index contributed by atoms with van der Waals surface area (Å²) in [5.74, 6) is -0.830. The van der Waals surface area contributed by atoms with Crippen LogP contribution in [-0.2, 0) is 0 Å². The number of hydrogen-bond acceptors (Lipinski definition) is 3. The maximum atomic E-state index is 13.3. The monoisotopic (exact) mass is 369 g/mol. The quantitative estimate of drug-likeness (QED) is 0.557. The molecule has 4 rings (SSSR count). The number of halogens is 2. The zero-order valence-corrected chi connectivity index (χ0v) is 14.4. The molecule has 26 heavy (non-hydrogen) atoms. The van der Waals surface area contributed by atoms with E-state index in [1.54, 1.807) is 12.1 Å². The number of aromatic nitrogens is 3. The first kappa shape index (κ1) is 16.4. The van der Waals surface area contributed by atoms with Gasteiger partial charge in [0.15, 0.2) is 0 Å². The summed E-state index contributed by atoms with van der Waals surface area (Å²) in [4.78, 5) is 15.0. The van der Waals surface area contributed by atoms with Gasteiger partial charge in [-0.3, -0.25) is 4.79 Å². The van der Waals surface area contributed by atoms with Gasteiger partial charge in [0.1, 0.15) is 17.2 Å². The molecule has 0 radical (unpaired) electrons. The molecule has 130 valence electrons. The van der Waals surface area contributed by atoms with Crippen LogP contribution in [0, 0.1) is 12.7 Å². The van der Waals surface area contributed by atoms with Crippen LogP contribution in [0.5, 0.6) is 5.75 Å². The lowest BCUT2D eigenvalue weighted by molar-refractivity contribution is 0.470. The van der Waals surface area contributed by atoms with Gasteiger partial charge < -0.3 is 10.1 Å². The van der Waals surface area contributed by atoms with Gasteiger partial charge in [0.2, 0.25) is 0 Å². The summed E-state index contributed by atoms with van der Waals surface area (Å²) in [6.07, 6.45) is 0. The predicted molar refractivity (Wildman–Crippen MR) is 98.1 cm³/mol. The molecule has 2 N–H and O–H groups in total. The lowest BCUT2D eigenvalue weighted by Gasteiger charge is -2.07. The lowest BCUT2D eigenvalue weighted by atomic mass is 10.1. The average Bonchev–Trinajstić information content (AvgIpc) is 2.91. The van der Waals surface area contributed by atoms with Crippen molar-refractivity contribution in [1.82, 2.24) is 14.6 Å². The van der Waals surface area contributed by atoms with E-state index in [0.29, 0.717) is 27.6 Å². The molecule has 0 saturated heterocycles. The normalized spacial score (nSPS) is 11.2. The molecule has 0 fully saturated rings. The molecule has 2 heterocycles. The maximum Gasteiger partial charge on any atom is 0.251 e. The number of benzene rings is 2. The Kier molecular flexibility index (Phi) is 3.77. The molecule has 0 atom stereocenters. The van der Waals surface area contributed by atoms with Gasteiger partial charge in [-0.2, -0.15) is 5.10 Å². The van der Waals surface area contributed by atoms with E-state index in [9.17, 15) is 14.3 Å². The molecule has 5 nitrogen and oxygen atoms in total. The first-order valence-electron chi connectivity index (χ1n) is 7.81. The van der Waals surface area contributed by atoms with Crippen LogP contribution >= 0.6 is 11.6 Å². The largest absolute Gasteiger partial charge is 0.507 e. The summed E-state index contributed by atoms with van der Waals surface area (Å²) in [6.45, 7) is 1.82. The highest BCUT2D eigenvalue weighted by molar-refractivity contribution is 6.30. The van der Waals surface area contributed by atoms with Crippen LogP contribution < -0.4 is 5.56 Å². The number of H-pyrrole nitrogens is 1. The Morgan fingerprint density at radius 2 is 1.88 bits per heavy atom. The van der Waals surface area contributed by atoms with Gasteiger partial charge in [0.05, 0.1) is 11.4 Å². The fourth-order valence-corrected chi connectivity index (χ4v) is 3.16. The Hall–Kier alpha value is -3.12. The van der Waals surface area contributed by atoms with E-state index in [4.69, 9.17) is 11.6 Å². The summed E-state index contributed by atoms with van der Waals surface area (Å²) in [6, 6.07) is 12.1. The summed E-state index contributed by atoms with van der Waals surface area (Å²) in [7, 11) is 0. The molecule has 4 aromatic rings. The minimum absolute atomic E-state index is 0.266. The van der Waals surface area contributed by atoms with Gasteiger partial charge in [0.25, 0.3) is 5.56 Å². The number of aromatic amines is 1. The maximum absolute atomic E-state index is 13.3. The topological polar surface area (TPSA) is 70.4 Å². The van der Waals surface area contributed by atoms with Gasteiger partial charge in [-0.25, -0.2) is 8.91 Å². The van der Waals surface area contributed by atoms with E-state index in [1.165, 1.54) is 22.7 Å². The number of hydrogen-bond donors (Lipinski definition) is 2. The number of fused-ring (bicyclic) bond motifs is 1. The number of rotatable bonds is 2. The fraction of sp³-hybridized carbons (Fsp3) is 0.0526. The Bertz CT molecular complexity index is 1200. The van der Waals surface area contributed by atoms with Crippen molar-refractivity contribution < 1.29 is 9.50 Å². The van der Waals surface area contributed by atoms with Crippen LogP contribution in [0.1, 0.15) is 5.69 Å². The second-order valence-corrected chi connectivity index (χ2v) is 6.34. The third kappa shape index (κ3) is 2.64. The van der Waals surface area contributed by atoms with E-state index in [1.807, 2.05) is 19.1 Å². The zero-order valence-electron chi connectivity index (χ0n) is 13.6. The van der Waals surface area contributed by atoms with Crippen molar-refractivity contribution in [3.8, 4) is 28.1 Å². The van der Waals surface area contributed by atoms with Crippen molar-refractivity contribution in [2.75, 3.05) is 0 Å². The van der Waals surface area contributed by atoms with Crippen LogP contribution in [0.25, 0.3) is 28.0 Å². The van der Waals surface area contributed by atoms with Gasteiger partial charge in [0, 0.05) is 28.3 Å². The number of nitrogens with zero attached hydrogens (tertiary/aromatic N) is 2. The van der Waals surface area contributed by atoms with Crippen molar-refractivity contribution in [1.29, 1.82) is 0 Å². The average molecular weight is 370 g/mol. The number of phenols is 1. The molecule has 0 amide bonds. The number of aromatic hydroxyl groups is 1. The summed E-state index contributed by atoms with van der Waals surface area (Å²) >= 11 is 5.95. The molecule has 0 saturated carbocycles. The summed E-state index contributed by atoms with van der Waals surface area (Å²) < 4.78 is 14.9. The van der Waals surface area contributed by atoms with E-state index < -0.39 is 5.82 Å². The van der Waals surface area contributed by atoms with Crippen molar-refractivity contribution in [2.24, 2.45) is 0 Å². The lowest BCUT2D eigenvalue weighted by Crippen LogP contribution is -2.10. The van der Waals surface area contributed by atoms with E-state index in [-0.39, 0.29) is 11.3 Å². The smallest absolute Gasteiger partial charge is 0.251 e. The molecule has 2 aromatic carbocycles. The van der Waals surface area contributed by atoms with Crippen LogP contribution in [0.4, 0.5) is 4.39 Å². The Labute approximate surface area is 152 Å². The standard InChI is InChI=1S/C19H13ClFN3O2/c1-10-18(11-2-4-12(20)5-3-11)19-22-17(26)9-15(24(19)23-10)14-7-6-13(21)8-16(14)25/h2-9,25H,1H3,(H,22,26). The van der Waals surface area contributed by atoms with Crippen LogP contribution in [0.2, 0.25) is 5.02 Å². The molecule has 0 aliphatic heterocycles. The van der Waals surface area contributed by atoms with E-state index in [2.05, 4.69) is 10.1 Å². The Morgan fingerprint density at radius 1 is 1.15 bits per heavy atom. The van der Waals surface area contributed by atoms with E-state index in [0.717, 1.165) is 17.2 Å². The highest BCUT2D eigenvalue weighted by Crippen LogP contribution is 2.33. The fourth-order valence-electron chi connectivity index (χ4n) is 3.03. The molecule has 0 bridgehead atoms. The van der Waals surface area contributed by atoms with Gasteiger partial charge >= 0.3 is 0 Å². The molecule has 2 aromatic heterocycles. The SMILES string of the molecule is Cc1nn2c(-c3ccc(F)cc3O)cc(=O)[nH]c2c1-c1ccc(Cl)cc1. The Morgan fingerprint density at radius 3 is 2.58 bits per heavy atom. The first-order valence-corrected chi connectivity index (χ1v) is 8.19. The second kappa shape index (κ2) is 6.00.